The Balaban J connectivity index is 1.47. The van der Waals surface area contributed by atoms with Crippen LogP contribution in [0.15, 0.2) is 48.5 Å². The summed E-state index contributed by atoms with van der Waals surface area (Å²) in [6, 6.07) is 14.0. The minimum Gasteiger partial charge on any atom is -0.497 e. The molecule has 2 atom stereocenters. The van der Waals surface area contributed by atoms with Crippen LogP contribution in [0.25, 0.3) is 6.08 Å². The standard InChI is InChI=1S/C23H27NO4/c1-26-18-7-5-17(6-8-18)4-3-11-24-13-21-20-10-9-19(27-2)12-22(20)28-16-23(21,14-24)15-25/h3-10,12,21,25H,11,13-16H2,1-2H3/b4-3+/t21-,23-/m1/s1. The molecule has 4 rings (SSSR count). The molecule has 1 N–H and O–H groups in total. The monoisotopic (exact) mass is 381 g/mol. The second-order valence-electron chi connectivity index (χ2n) is 7.64. The smallest absolute Gasteiger partial charge is 0.126 e. The predicted molar refractivity (Wildman–Crippen MR) is 109 cm³/mol. The Morgan fingerprint density at radius 2 is 1.89 bits per heavy atom. The molecular weight excluding hydrogens is 354 g/mol. The van der Waals surface area contributed by atoms with Gasteiger partial charge in [0.15, 0.2) is 0 Å². The number of hydrogen-bond donors (Lipinski definition) is 1. The molecule has 2 aromatic carbocycles. The molecule has 28 heavy (non-hydrogen) atoms. The summed E-state index contributed by atoms with van der Waals surface area (Å²) in [7, 11) is 3.33. The lowest BCUT2D eigenvalue weighted by molar-refractivity contribution is 0.0467. The number of aliphatic hydroxyl groups is 1. The maximum absolute atomic E-state index is 10.2. The van der Waals surface area contributed by atoms with Gasteiger partial charge in [-0.2, -0.15) is 0 Å². The van der Waals surface area contributed by atoms with Crippen molar-refractivity contribution in [3.05, 3.63) is 59.7 Å². The molecule has 148 valence electrons. The third-order valence-electron chi connectivity index (χ3n) is 5.93. The van der Waals surface area contributed by atoms with Crippen molar-refractivity contribution in [2.75, 3.05) is 47.1 Å². The van der Waals surface area contributed by atoms with Crippen LogP contribution in [0.2, 0.25) is 0 Å². The van der Waals surface area contributed by atoms with Gasteiger partial charge in [-0.25, -0.2) is 0 Å². The van der Waals surface area contributed by atoms with E-state index in [-0.39, 0.29) is 17.9 Å². The van der Waals surface area contributed by atoms with Crippen molar-refractivity contribution in [2.45, 2.75) is 5.92 Å². The fourth-order valence-corrected chi connectivity index (χ4v) is 4.32. The molecule has 2 aromatic rings. The highest BCUT2D eigenvalue weighted by atomic mass is 16.5. The third kappa shape index (κ3) is 3.48. The zero-order valence-electron chi connectivity index (χ0n) is 16.4. The second kappa shape index (κ2) is 7.86. The van der Waals surface area contributed by atoms with Gasteiger partial charge in [0.05, 0.1) is 27.4 Å². The summed E-state index contributed by atoms with van der Waals surface area (Å²) in [6.07, 6.45) is 4.31. The van der Waals surface area contributed by atoms with E-state index in [1.54, 1.807) is 14.2 Å². The van der Waals surface area contributed by atoms with Crippen LogP contribution in [0, 0.1) is 5.41 Å². The number of methoxy groups -OCH3 is 2. The summed E-state index contributed by atoms with van der Waals surface area (Å²) >= 11 is 0. The average Bonchev–Trinajstić information content (AvgIpc) is 3.13. The van der Waals surface area contributed by atoms with E-state index in [0.29, 0.717) is 6.61 Å². The molecule has 0 aromatic heterocycles. The highest BCUT2D eigenvalue weighted by Gasteiger charge is 2.50. The fourth-order valence-electron chi connectivity index (χ4n) is 4.32. The second-order valence-corrected chi connectivity index (χ2v) is 7.64. The van der Waals surface area contributed by atoms with E-state index in [2.05, 4.69) is 23.1 Å². The van der Waals surface area contributed by atoms with Crippen molar-refractivity contribution in [3.63, 3.8) is 0 Å². The van der Waals surface area contributed by atoms with Gasteiger partial charge in [0, 0.05) is 37.0 Å². The fraction of sp³-hybridized carbons (Fsp3) is 0.391. The highest BCUT2D eigenvalue weighted by molar-refractivity contribution is 5.51. The SMILES string of the molecule is COc1ccc(/C=C/CN2C[C@@H]3c4ccc(OC)cc4OC[C@]3(CO)C2)cc1. The number of nitrogens with zero attached hydrogens (tertiary/aromatic N) is 1. The molecule has 0 radical (unpaired) electrons. The van der Waals surface area contributed by atoms with E-state index in [9.17, 15) is 5.11 Å². The molecule has 2 heterocycles. The number of likely N-dealkylation sites (tertiary alicyclic amines) is 1. The third-order valence-corrected chi connectivity index (χ3v) is 5.93. The summed E-state index contributed by atoms with van der Waals surface area (Å²) in [6.45, 7) is 3.24. The van der Waals surface area contributed by atoms with Gasteiger partial charge in [-0.3, -0.25) is 4.90 Å². The van der Waals surface area contributed by atoms with Crippen LogP contribution >= 0.6 is 0 Å². The molecule has 5 heteroatoms. The number of fused-ring (bicyclic) bond motifs is 3. The summed E-state index contributed by atoms with van der Waals surface area (Å²) in [5.41, 5.74) is 2.08. The average molecular weight is 381 g/mol. The van der Waals surface area contributed by atoms with Crippen LogP contribution < -0.4 is 14.2 Å². The van der Waals surface area contributed by atoms with Gasteiger partial charge in [0.25, 0.3) is 0 Å². The zero-order chi connectivity index (χ0) is 19.6. The van der Waals surface area contributed by atoms with Crippen LogP contribution in [0.4, 0.5) is 0 Å². The Labute approximate surface area is 166 Å². The van der Waals surface area contributed by atoms with Crippen LogP contribution in [-0.4, -0.2) is 57.1 Å². The van der Waals surface area contributed by atoms with Crippen molar-refractivity contribution < 1.29 is 19.3 Å². The van der Waals surface area contributed by atoms with Gasteiger partial charge in [-0.15, -0.1) is 0 Å². The highest BCUT2D eigenvalue weighted by Crippen LogP contribution is 2.49. The zero-order valence-corrected chi connectivity index (χ0v) is 16.4. The number of aliphatic hydroxyl groups excluding tert-OH is 1. The Morgan fingerprint density at radius 1 is 1.14 bits per heavy atom. The first-order valence-electron chi connectivity index (χ1n) is 9.62. The molecule has 0 saturated carbocycles. The molecule has 0 spiro atoms. The van der Waals surface area contributed by atoms with E-state index < -0.39 is 0 Å². The van der Waals surface area contributed by atoms with E-state index in [1.165, 1.54) is 5.56 Å². The van der Waals surface area contributed by atoms with Crippen molar-refractivity contribution in [2.24, 2.45) is 5.41 Å². The maximum atomic E-state index is 10.2. The molecule has 1 saturated heterocycles. The number of hydrogen-bond acceptors (Lipinski definition) is 5. The van der Waals surface area contributed by atoms with Gasteiger partial charge < -0.3 is 19.3 Å². The first kappa shape index (κ1) is 18.8. The Bertz CT molecular complexity index is 848. The van der Waals surface area contributed by atoms with Crippen LogP contribution in [0.1, 0.15) is 17.0 Å². The number of benzene rings is 2. The number of ether oxygens (including phenoxy) is 3. The van der Waals surface area contributed by atoms with Crippen molar-refractivity contribution in [3.8, 4) is 17.2 Å². The molecule has 1 fully saturated rings. The first-order valence-corrected chi connectivity index (χ1v) is 9.62. The molecule has 0 bridgehead atoms. The lowest BCUT2D eigenvalue weighted by Gasteiger charge is -2.38. The van der Waals surface area contributed by atoms with Crippen molar-refractivity contribution in [1.82, 2.24) is 4.90 Å². The quantitative estimate of drug-likeness (QED) is 0.833. The summed E-state index contributed by atoms with van der Waals surface area (Å²) < 4.78 is 16.5. The van der Waals surface area contributed by atoms with Crippen LogP contribution in [0.5, 0.6) is 17.2 Å². The van der Waals surface area contributed by atoms with E-state index in [0.717, 1.165) is 42.4 Å². The minimum absolute atomic E-state index is 0.127. The lowest BCUT2D eigenvalue weighted by atomic mass is 9.74. The Kier molecular flexibility index (Phi) is 5.29. The van der Waals surface area contributed by atoms with Crippen molar-refractivity contribution >= 4 is 6.08 Å². The van der Waals surface area contributed by atoms with Crippen LogP contribution in [-0.2, 0) is 0 Å². The molecule has 0 aliphatic carbocycles. The molecule has 0 unspecified atom stereocenters. The Morgan fingerprint density at radius 3 is 2.61 bits per heavy atom. The largest absolute Gasteiger partial charge is 0.497 e. The van der Waals surface area contributed by atoms with E-state index in [4.69, 9.17) is 14.2 Å². The molecular formula is C23H27NO4. The van der Waals surface area contributed by atoms with Crippen LogP contribution in [0.3, 0.4) is 0 Å². The molecule has 0 amide bonds. The predicted octanol–water partition coefficient (Wildman–Crippen LogP) is 3.19. The molecule has 2 aliphatic rings. The summed E-state index contributed by atoms with van der Waals surface area (Å²) in [4.78, 5) is 2.39. The summed E-state index contributed by atoms with van der Waals surface area (Å²) in [5.74, 6) is 2.80. The Hall–Kier alpha value is -2.50. The molecule has 2 aliphatic heterocycles. The van der Waals surface area contributed by atoms with Gasteiger partial charge in [0.2, 0.25) is 0 Å². The topological polar surface area (TPSA) is 51.2 Å². The van der Waals surface area contributed by atoms with Crippen molar-refractivity contribution in [1.29, 1.82) is 0 Å². The van der Waals surface area contributed by atoms with E-state index in [1.807, 2.05) is 36.4 Å². The molecule has 5 nitrogen and oxygen atoms in total. The maximum Gasteiger partial charge on any atom is 0.126 e. The van der Waals surface area contributed by atoms with Gasteiger partial charge in [-0.1, -0.05) is 30.4 Å². The lowest BCUT2D eigenvalue weighted by Crippen LogP contribution is -2.42. The van der Waals surface area contributed by atoms with Gasteiger partial charge >= 0.3 is 0 Å². The van der Waals surface area contributed by atoms with Gasteiger partial charge in [0.1, 0.15) is 17.2 Å². The minimum atomic E-state index is -0.241. The number of rotatable bonds is 6. The summed E-state index contributed by atoms with van der Waals surface area (Å²) in [5, 5.41) is 10.2. The normalized spacial score (nSPS) is 23.9. The first-order chi connectivity index (χ1) is 13.7. The van der Waals surface area contributed by atoms with Gasteiger partial charge in [-0.05, 0) is 29.3 Å². The van der Waals surface area contributed by atoms with E-state index >= 15 is 0 Å².